The lowest BCUT2D eigenvalue weighted by Gasteiger charge is -2.06. The predicted octanol–water partition coefficient (Wildman–Crippen LogP) is 4.83. The number of para-hydroxylation sites is 1. The number of carboxylic acids is 1. The lowest BCUT2D eigenvalue weighted by molar-refractivity contribution is -0.137. The molecule has 130 valence electrons. The maximum atomic E-state index is 11.3. The van der Waals surface area contributed by atoms with E-state index < -0.39 is 5.97 Å². The minimum atomic E-state index is -0.865. The van der Waals surface area contributed by atoms with Crippen LogP contribution < -0.4 is 0 Å². The minimum absolute atomic E-state index is 0.0743. The van der Waals surface area contributed by atoms with Crippen LogP contribution in [0.15, 0.2) is 54.6 Å². The first kappa shape index (κ1) is 16.6. The number of fused-ring (bicyclic) bond motifs is 2. The number of rotatable bonds is 4. The molecule has 26 heavy (non-hydrogen) atoms. The van der Waals surface area contributed by atoms with Crippen LogP contribution in [0.2, 0.25) is 5.02 Å². The largest absolute Gasteiger partial charge is 0.480 e. The van der Waals surface area contributed by atoms with E-state index in [1.807, 2.05) is 54.0 Å². The third kappa shape index (κ3) is 2.93. The van der Waals surface area contributed by atoms with Crippen molar-refractivity contribution in [2.75, 3.05) is 0 Å². The van der Waals surface area contributed by atoms with Gasteiger partial charge >= 0.3 is 5.97 Å². The Morgan fingerprint density at radius 1 is 1.15 bits per heavy atom. The molecular weight excluding hydrogens is 348 g/mol. The third-order valence-electron chi connectivity index (χ3n) is 4.72. The second-order valence-electron chi connectivity index (χ2n) is 6.38. The van der Waals surface area contributed by atoms with Gasteiger partial charge in [-0.05, 0) is 42.8 Å². The molecule has 0 bridgehead atoms. The molecule has 0 aliphatic heterocycles. The Hall–Kier alpha value is -2.85. The Labute approximate surface area is 155 Å². The van der Waals surface area contributed by atoms with Gasteiger partial charge in [-0.25, -0.2) is 0 Å². The number of halogens is 1. The second-order valence-corrected chi connectivity index (χ2v) is 6.81. The molecule has 1 N–H and O–H groups in total. The molecular formula is C21H17ClN2O2. The van der Waals surface area contributed by atoms with Crippen molar-refractivity contribution in [3.63, 3.8) is 0 Å². The fraction of sp³-hybridized carbons (Fsp3) is 0.143. The monoisotopic (exact) mass is 364 g/mol. The van der Waals surface area contributed by atoms with Crippen molar-refractivity contribution in [2.24, 2.45) is 0 Å². The molecule has 2 aromatic heterocycles. The summed E-state index contributed by atoms with van der Waals surface area (Å²) >= 11 is 6.20. The summed E-state index contributed by atoms with van der Waals surface area (Å²) in [6, 6.07) is 17.7. The number of carbonyl (C=O) groups is 1. The van der Waals surface area contributed by atoms with Gasteiger partial charge < -0.3 is 9.67 Å². The zero-order valence-electron chi connectivity index (χ0n) is 14.2. The summed E-state index contributed by atoms with van der Waals surface area (Å²) in [5.74, 6) is -0.865. The maximum Gasteiger partial charge on any atom is 0.323 e. The maximum absolute atomic E-state index is 11.3. The molecule has 0 unspecified atom stereocenters. The number of hydrogen-bond donors (Lipinski definition) is 1. The van der Waals surface area contributed by atoms with E-state index in [-0.39, 0.29) is 6.54 Å². The van der Waals surface area contributed by atoms with Crippen molar-refractivity contribution < 1.29 is 9.90 Å². The number of aliphatic carboxylic acids is 1. The fourth-order valence-electron chi connectivity index (χ4n) is 3.47. The summed E-state index contributed by atoms with van der Waals surface area (Å²) in [5.41, 5.74) is 4.77. The molecule has 0 aliphatic carbocycles. The summed E-state index contributed by atoms with van der Waals surface area (Å²) in [7, 11) is 0. The number of hydrogen-bond acceptors (Lipinski definition) is 2. The van der Waals surface area contributed by atoms with E-state index in [0.29, 0.717) is 11.4 Å². The Kier molecular flexibility index (Phi) is 4.13. The van der Waals surface area contributed by atoms with Gasteiger partial charge in [0.05, 0.1) is 5.52 Å². The standard InChI is InChI=1S/C21H17ClN2O2/c1-13-17(11-16-8-6-14-4-2-3-5-19(14)23-16)18-10-15(22)7-9-20(18)24(13)12-21(25)26/h2-10H,11-12H2,1H3,(H,25,26). The van der Waals surface area contributed by atoms with Gasteiger partial charge in [0.1, 0.15) is 6.54 Å². The molecule has 4 rings (SSSR count). The molecule has 0 fully saturated rings. The summed E-state index contributed by atoms with van der Waals surface area (Å²) in [6.45, 7) is 1.88. The first-order valence-corrected chi connectivity index (χ1v) is 8.74. The average molecular weight is 365 g/mol. The molecule has 2 heterocycles. The van der Waals surface area contributed by atoms with E-state index in [1.54, 1.807) is 6.07 Å². The molecule has 0 spiro atoms. The lowest BCUT2D eigenvalue weighted by atomic mass is 10.0. The van der Waals surface area contributed by atoms with Crippen LogP contribution in [0.5, 0.6) is 0 Å². The van der Waals surface area contributed by atoms with E-state index in [1.165, 1.54) is 0 Å². The zero-order valence-corrected chi connectivity index (χ0v) is 15.0. The van der Waals surface area contributed by atoms with E-state index in [2.05, 4.69) is 6.07 Å². The SMILES string of the molecule is Cc1c(Cc2ccc3ccccc3n2)c2cc(Cl)ccc2n1CC(=O)O. The summed E-state index contributed by atoms with van der Waals surface area (Å²) in [6.07, 6.45) is 0.625. The number of nitrogens with zero attached hydrogens (tertiary/aromatic N) is 2. The first-order valence-electron chi connectivity index (χ1n) is 8.36. The van der Waals surface area contributed by atoms with Crippen molar-refractivity contribution in [1.29, 1.82) is 0 Å². The number of carboxylic acid groups (broad SMARTS) is 1. The first-order chi connectivity index (χ1) is 12.5. The van der Waals surface area contributed by atoms with Crippen molar-refractivity contribution in [3.8, 4) is 0 Å². The molecule has 0 saturated carbocycles. The molecule has 0 aliphatic rings. The Bertz CT molecular complexity index is 1150. The normalized spacial score (nSPS) is 11.3. The van der Waals surface area contributed by atoms with E-state index >= 15 is 0 Å². The molecule has 0 atom stereocenters. The summed E-state index contributed by atoms with van der Waals surface area (Å²) in [5, 5.41) is 12.0. The zero-order chi connectivity index (χ0) is 18.3. The third-order valence-corrected chi connectivity index (χ3v) is 4.96. The number of aromatic nitrogens is 2. The van der Waals surface area contributed by atoms with Gasteiger partial charge in [0.2, 0.25) is 0 Å². The van der Waals surface area contributed by atoms with Gasteiger partial charge in [-0.2, -0.15) is 0 Å². The van der Waals surface area contributed by atoms with Gasteiger partial charge in [0.25, 0.3) is 0 Å². The van der Waals surface area contributed by atoms with Crippen LogP contribution >= 0.6 is 11.6 Å². The van der Waals surface area contributed by atoms with Crippen LogP contribution in [0.3, 0.4) is 0 Å². The van der Waals surface area contributed by atoms with E-state index in [9.17, 15) is 9.90 Å². The minimum Gasteiger partial charge on any atom is -0.480 e. The molecule has 0 amide bonds. The van der Waals surface area contributed by atoms with Crippen molar-refractivity contribution in [1.82, 2.24) is 9.55 Å². The fourth-order valence-corrected chi connectivity index (χ4v) is 3.65. The summed E-state index contributed by atoms with van der Waals surface area (Å²) in [4.78, 5) is 16.0. The topological polar surface area (TPSA) is 55.1 Å². The molecule has 0 radical (unpaired) electrons. The highest BCUT2D eigenvalue weighted by Gasteiger charge is 2.17. The van der Waals surface area contributed by atoms with Crippen LogP contribution in [-0.4, -0.2) is 20.6 Å². The van der Waals surface area contributed by atoms with Crippen molar-refractivity contribution in [2.45, 2.75) is 19.9 Å². The Balaban J connectivity index is 1.85. The number of benzene rings is 2. The summed E-state index contributed by atoms with van der Waals surface area (Å²) < 4.78 is 1.82. The molecule has 2 aromatic carbocycles. The molecule has 4 nitrogen and oxygen atoms in total. The highest BCUT2D eigenvalue weighted by atomic mass is 35.5. The van der Waals surface area contributed by atoms with Crippen LogP contribution in [0.25, 0.3) is 21.8 Å². The van der Waals surface area contributed by atoms with Crippen LogP contribution in [-0.2, 0) is 17.8 Å². The van der Waals surface area contributed by atoms with Gasteiger partial charge in [-0.15, -0.1) is 0 Å². The van der Waals surface area contributed by atoms with E-state index in [4.69, 9.17) is 16.6 Å². The molecule has 4 aromatic rings. The van der Waals surface area contributed by atoms with Crippen LogP contribution in [0.1, 0.15) is 17.0 Å². The Morgan fingerprint density at radius 3 is 2.77 bits per heavy atom. The van der Waals surface area contributed by atoms with Gasteiger partial charge in [0, 0.05) is 39.1 Å². The Morgan fingerprint density at radius 2 is 1.96 bits per heavy atom. The van der Waals surface area contributed by atoms with Crippen LogP contribution in [0, 0.1) is 6.92 Å². The highest BCUT2D eigenvalue weighted by molar-refractivity contribution is 6.31. The molecule has 0 saturated heterocycles. The van der Waals surface area contributed by atoms with Gasteiger partial charge in [-0.1, -0.05) is 35.9 Å². The van der Waals surface area contributed by atoms with Gasteiger partial charge in [-0.3, -0.25) is 9.78 Å². The van der Waals surface area contributed by atoms with Gasteiger partial charge in [0.15, 0.2) is 0 Å². The number of pyridine rings is 1. The quantitative estimate of drug-likeness (QED) is 0.564. The van der Waals surface area contributed by atoms with Crippen LogP contribution in [0.4, 0.5) is 0 Å². The van der Waals surface area contributed by atoms with Crippen molar-refractivity contribution in [3.05, 3.63) is 76.6 Å². The van der Waals surface area contributed by atoms with Crippen molar-refractivity contribution >= 4 is 39.4 Å². The molecule has 5 heteroatoms. The lowest BCUT2D eigenvalue weighted by Crippen LogP contribution is -2.10. The smallest absolute Gasteiger partial charge is 0.323 e. The predicted molar refractivity (Wildman–Crippen MR) is 104 cm³/mol. The average Bonchev–Trinajstić information content (AvgIpc) is 2.86. The van der Waals surface area contributed by atoms with E-state index in [0.717, 1.165) is 38.8 Å². The second kappa shape index (κ2) is 6.46. The highest BCUT2D eigenvalue weighted by Crippen LogP contribution is 2.30.